The van der Waals surface area contributed by atoms with Gasteiger partial charge in [-0.05, 0) is 45.2 Å². The van der Waals surface area contributed by atoms with E-state index in [1.54, 1.807) is 0 Å². The highest BCUT2D eigenvalue weighted by molar-refractivity contribution is 7.99. The van der Waals surface area contributed by atoms with Crippen LogP contribution >= 0.6 is 11.8 Å². The first-order valence-corrected chi connectivity index (χ1v) is 6.61. The molecule has 0 bridgehead atoms. The highest BCUT2D eigenvalue weighted by Crippen LogP contribution is 2.27. The zero-order chi connectivity index (χ0) is 11.5. The number of carboxylic acid groups (broad SMARTS) is 1. The molecule has 1 heterocycles. The standard InChI is InChI=1S/C11H21NO2S/c1-11(2,8-10(13)14)12(3)9-4-6-15-7-5-9/h9H,4-8H2,1-3H3,(H,13,14). The maximum atomic E-state index is 10.8. The number of rotatable bonds is 4. The normalized spacial score (nSPS) is 19.5. The lowest BCUT2D eigenvalue weighted by Crippen LogP contribution is -2.49. The minimum atomic E-state index is -0.711. The summed E-state index contributed by atoms with van der Waals surface area (Å²) in [6, 6.07) is 0.556. The molecule has 1 saturated heterocycles. The number of hydrogen-bond acceptors (Lipinski definition) is 3. The fraction of sp³-hybridized carbons (Fsp3) is 0.909. The average molecular weight is 231 g/mol. The maximum Gasteiger partial charge on any atom is 0.305 e. The van der Waals surface area contributed by atoms with Crippen LogP contribution in [0.3, 0.4) is 0 Å². The molecule has 0 aliphatic carbocycles. The number of hydrogen-bond donors (Lipinski definition) is 1. The first-order chi connectivity index (χ1) is 6.93. The van der Waals surface area contributed by atoms with Crippen molar-refractivity contribution in [3.8, 4) is 0 Å². The zero-order valence-corrected chi connectivity index (χ0v) is 10.6. The number of nitrogens with zero attached hydrogens (tertiary/aromatic N) is 1. The molecular weight excluding hydrogens is 210 g/mol. The molecule has 3 nitrogen and oxygen atoms in total. The van der Waals surface area contributed by atoms with Gasteiger partial charge in [0.1, 0.15) is 0 Å². The lowest BCUT2D eigenvalue weighted by molar-refractivity contribution is -0.140. The van der Waals surface area contributed by atoms with Crippen LogP contribution in [0.1, 0.15) is 33.1 Å². The van der Waals surface area contributed by atoms with Gasteiger partial charge < -0.3 is 5.11 Å². The lowest BCUT2D eigenvalue weighted by Gasteiger charge is -2.41. The van der Waals surface area contributed by atoms with E-state index in [0.29, 0.717) is 6.04 Å². The van der Waals surface area contributed by atoms with Gasteiger partial charge in [0, 0.05) is 11.6 Å². The zero-order valence-electron chi connectivity index (χ0n) is 9.82. The van der Waals surface area contributed by atoms with Crippen LogP contribution in [-0.2, 0) is 4.79 Å². The number of carbonyl (C=O) groups is 1. The highest BCUT2D eigenvalue weighted by atomic mass is 32.2. The molecule has 4 heteroatoms. The Bertz CT molecular complexity index is 225. The molecule has 0 aromatic carbocycles. The van der Waals surface area contributed by atoms with E-state index in [-0.39, 0.29) is 12.0 Å². The Morgan fingerprint density at radius 2 is 2.00 bits per heavy atom. The SMILES string of the molecule is CN(C1CCSCC1)C(C)(C)CC(=O)O. The molecule has 88 valence electrons. The highest BCUT2D eigenvalue weighted by Gasteiger charge is 2.32. The third kappa shape index (κ3) is 3.68. The van der Waals surface area contributed by atoms with Crippen LogP contribution in [0.15, 0.2) is 0 Å². The fourth-order valence-electron chi connectivity index (χ4n) is 2.06. The fourth-order valence-corrected chi connectivity index (χ4v) is 3.14. The van der Waals surface area contributed by atoms with Gasteiger partial charge in [-0.25, -0.2) is 0 Å². The van der Waals surface area contributed by atoms with Gasteiger partial charge in [0.2, 0.25) is 0 Å². The molecule has 0 saturated carbocycles. The van der Waals surface area contributed by atoms with Gasteiger partial charge >= 0.3 is 5.97 Å². The molecule has 0 radical (unpaired) electrons. The van der Waals surface area contributed by atoms with Gasteiger partial charge in [-0.1, -0.05) is 0 Å². The van der Waals surface area contributed by atoms with Gasteiger partial charge in [0.25, 0.3) is 0 Å². The molecule has 1 rings (SSSR count). The molecule has 1 fully saturated rings. The number of thioether (sulfide) groups is 1. The Hall–Kier alpha value is -0.220. The Labute approximate surface area is 96.2 Å². The summed E-state index contributed by atoms with van der Waals surface area (Å²) in [6.45, 7) is 4.03. The van der Waals surface area contributed by atoms with Crippen LogP contribution in [0.2, 0.25) is 0 Å². The Morgan fingerprint density at radius 3 is 2.47 bits per heavy atom. The van der Waals surface area contributed by atoms with Crippen LogP contribution in [0.4, 0.5) is 0 Å². The van der Waals surface area contributed by atoms with Crippen LogP contribution in [0.25, 0.3) is 0 Å². The first-order valence-electron chi connectivity index (χ1n) is 5.46. The Kier molecular flexibility index (Phi) is 4.46. The molecule has 1 aliphatic heterocycles. The summed E-state index contributed by atoms with van der Waals surface area (Å²) in [4.78, 5) is 13.0. The lowest BCUT2D eigenvalue weighted by atomic mass is 9.95. The maximum absolute atomic E-state index is 10.8. The first kappa shape index (κ1) is 12.8. The van der Waals surface area contributed by atoms with E-state index in [1.165, 1.54) is 24.3 Å². The largest absolute Gasteiger partial charge is 0.481 e. The van der Waals surface area contributed by atoms with E-state index in [9.17, 15) is 4.79 Å². The molecule has 0 spiro atoms. The second kappa shape index (κ2) is 5.21. The van der Waals surface area contributed by atoms with E-state index in [0.717, 1.165) is 0 Å². The van der Waals surface area contributed by atoms with Crippen molar-refractivity contribution in [2.24, 2.45) is 0 Å². The van der Waals surface area contributed by atoms with Gasteiger partial charge in [0.05, 0.1) is 6.42 Å². The smallest absolute Gasteiger partial charge is 0.305 e. The molecule has 1 aliphatic rings. The van der Waals surface area contributed by atoms with E-state index in [4.69, 9.17) is 5.11 Å². The molecule has 0 unspecified atom stereocenters. The van der Waals surface area contributed by atoms with Gasteiger partial charge in [-0.15, -0.1) is 0 Å². The van der Waals surface area contributed by atoms with Crippen molar-refractivity contribution < 1.29 is 9.90 Å². The molecule has 0 aromatic heterocycles. The monoisotopic (exact) mass is 231 g/mol. The third-order valence-corrected chi connectivity index (χ3v) is 4.33. The van der Waals surface area contributed by atoms with Crippen molar-refractivity contribution in [3.05, 3.63) is 0 Å². The molecule has 1 N–H and O–H groups in total. The van der Waals surface area contributed by atoms with Gasteiger partial charge in [-0.2, -0.15) is 11.8 Å². The molecule has 15 heavy (non-hydrogen) atoms. The molecule has 0 amide bonds. The quantitative estimate of drug-likeness (QED) is 0.804. The van der Waals surface area contributed by atoms with Crippen LogP contribution < -0.4 is 0 Å². The summed E-state index contributed by atoms with van der Waals surface area (Å²) >= 11 is 2.00. The predicted molar refractivity (Wildman–Crippen MR) is 64.4 cm³/mol. The summed E-state index contributed by atoms with van der Waals surface area (Å²) < 4.78 is 0. The Balaban J connectivity index is 2.55. The van der Waals surface area contributed by atoms with E-state index in [1.807, 2.05) is 25.6 Å². The molecular formula is C11H21NO2S. The topological polar surface area (TPSA) is 40.5 Å². The summed E-state index contributed by atoms with van der Waals surface area (Å²) in [6.07, 6.45) is 2.58. The van der Waals surface area contributed by atoms with Crippen LogP contribution in [-0.4, -0.2) is 46.1 Å². The van der Waals surface area contributed by atoms with Crippen LogP contribution in [0, 0.1) is 0 Å². The van der Waals surface area contributed by atoms with Gasteiger partial charge in [0.15, 0.2) is 0 Å². The van der Waals surface area contributed by atoms with Crippen LogP contribution in [0.5, 0.6) is 0 Å². The molecule has 0 atom stereocenters. The average Bonchev–Trinajstić information content (AvgIpc) is 2.16. The Morgan fingerprint density at radius 1 is 1.47 bits per heavy atom. The van der Waals surface area contributed by atoms with Crippen molar-refractivity contribution in [1.29, 1.82) is 0 Å². The second-order valence-electron chi connectivity index (χ2n) is 4.84. The van der Waals surface area contributed by atoms with Crippen molar-refractivity contribution >= 4 is 17.7 Å². The van der Waals surface area contributed by atoms with Crippen molar-refractivity contribution in [3.63, 3.8) is 0 Å². The van der Waals surface area contributed by atoms with Crippen molar-refractivity contribution in [1.82, 2.24) is 4.90 Å². The van der Waals surface area contributed by atoms with E-state index < -0.39 is 5.97 Å². The number of carboxylic acids is 1. The second-order valence-corrected chi connectivity index (χ2v) is 6.06. The third-order valence-electron chi connectivity index (χ3n) is 3.28. The number of aliphatic carboxylic acids is 1. The van der Waals surface area contributed by atoms with E-state index in [2.05, 4.69) is 11.9 Å². The summed E-state index contributed by atoms with van der Waals surface area (Å²) in [5.41, 5.74) is -0.238. The minimum Gasteiger partial charge on any atom is -0.481 e. The van der Waals surface area contributed by atoms with Gasteiger partial charge in [-0.3, -0.25) is 9.69 Å². The predicted octanol–water partition coefficient (Wildman–Crippen LogP) is 2.07. The molecule has 0 aromatic rings. The van der Waals surface area contributed by atoms with Crippen molar-refractivity contribution in [2.45, 2.75) is 44.7 Å². The summed E-state index contributed by atoms with van der Waals surface area (Å²) in [5, 5.41) is 8.87. The minimum absolute atomic E-state index is 0.215. The van der Waals surface area contributed by atoms with Crippen molar-refractivity contribution in [2.75, 3.05) is 18.6 Å². The summed E-state index contributed by atoms with van der Waals surface area (Å²) in [5.74, 6) is 1.70. The van der Waals surface area contributed by atoms with E-state index >= 15 is 0 Å². The summed E-state index contributed by atoms with van der Waals surface area (Å²) in [7, 11) is 2.06.